The second kappa shape index (κ2) is 5.14. The summed E-state index contributed by atoms with van der Waals surface area (Å²) in [6.07, 6.45) is 5.87. The molecule has 2 rings (SSSR count). The predicted molar refractivity (Wildman–Crippen MR) is 65.4 cm³/mol. The molecule has 0 aromatic carbocycles. The summed E-state index contributed by atoms with van der Waals surface area (Å²) in [5.74, 6) is 1.79. The predicted octanol–water partition coefficient (Wildman–Crippen LogP) is 1.30. The Morgan fingerprint density at radius 1 is 1.29 bits per heavy atom. The van der Waals surface area contributed by atoms with Gasteiger partial charge >= 0.3 is 0 Å². The fourth-order valence-electron chi connectivity index (χ4n) is 2.40. The van der Waals surface area contributed by atoms with E-state index >= 15 is 0 Å². The number of ether oxygens (including phenoxy) is 1. The molecule has 5 nitrogen and oxygen atoms in total. The zero-order chi connectivity index (χ0) is 12.3. The Balaban J connectivity index is 1.98. The third kappa shape index (κ3) is 2.66. The summed E-state index contributed by atoms with van der Waals surface area (Å²) in [4.78, 5) is 0. The third-order valence-corrected chi connectivity index (χ3v) is 3.83. The van der Waals surface area contributed by atoms with E-state index in [-0.39, 0.29) is 5.60 Å². The average Bonchev–Trinajstić information content (AvgIpc) is 2.69. The van der Waals surface area contributed by atoms with Gasteiger partial charge in [0, 0.05) is 13.6 Å². The summed E-state index contributed by atoms with van der Waals surface area (Å²) in [6, 6.07) is 0. The Labute approximate surface area is 102 Å². The molecule has 0 bridgehead atoms. The summed E-state index contributed by atoms with van der Waals surface area (Å²) < 4.78 is 8.02. The van der Waals surface area contributed by atoms with Gasteiger partial charge in [-0.25, -0.2) is 0 Å². The van der Waals surface area contributed by atoms with E-state index in [1.165, 1.54) is 19.3 Å². The van der Waals surface area contributed by atoms with Gasteiger partial charge in [0.2, 0.25) is 0 Å². The van der Waals surface area contributed by atoms with Gasteiger partial charge in [-0.2, -0.15) is 0 Å². The summed E-state index contributed by atoms with van der Waals surface area (Å²) in [5, 5.41) is 8.14. The first-order valence-electron chi connectivity index (χ1n) is 6.36. The number of nitrogens with two attached hydrogens (primary N) is 1. The van der Waals surface area contributed by atoms with Crippen LogP contribution in [-0.4, -0.2) is 26.9 Å². The van der Waals surface area contributed by atoms with Crippen LogP contribution in [0, 0.1) is 6.92 Å². The van der Waals surface area contributed by atoms with E-state index in [0.29, 0.717) is 13.2 Å². The average molecular weight is 238 g/mol. The van der Waals surface area contributed by atoms with Crippen molar-refractivity contribution in [2.45, 2.75) is 51.2 Å². The highest BCUT2D eigenvalue weighted by atomic mass is 16.5. The Bertz CT molecular complexity index is 369. The number of hydrogen-bond donors (Lipinski definition) is 1. The maximum atomic E-state index is 6.05. The topological polar surface area (TPSA) is 66.0 Å². The molecule has 1 saturated carbocycles. The van der Waals surface area contributed by atoms with E-state index in [9.17, 15) is 0 Å². The fourth-order valence-corrected chi connectivity index (χ4v) is 2.40. The van der Waals surface area contributed by atoms with E-state index in [4.69, 9.17) is 10.5 Å². The number of rotatable bonds is 4. The van der Waals surface area contributed by atoms with E-state index in [1.54, 1.807) is 0 Å². The molecule has 0 aliphatic heterocycles. The van der Waals surface area contributed by atoms with Crippen LogP contribution in [-0.2, 0) is 18.4 Å². The zero-order valence-corrected chi connectivity index (χ0v) is 10.8. The molecule has 0 unspecified atom stereocenters. The maximum Gasteiger partial charge on any atom is 0.158 e. The molecule has 1 aliphatic carbocycles. The van der Waals surface area contributed by atoms with Crippen molar-refractivity contribution in [2.75, 3.05) is 6.54 Å². The lowest BCUT2D eigenvalue weighted by molar-refractivity contribution is -0.0763. The van der Waals surface area contributed by atoms with E-state index in [2.05, 4.69) is 10.2 Å². The maximum absolute atomic E-state index is 6.05. The molecule has 2 N–H and O–H groups in total. The minimum Gasteiger partial charge on any atom is -0.366 e. The van der Waals surface area contributed by atoms with Gasteiger partial charge in [-0.05, 0) is 19.8 Å². The molecule has 96 valence electrons. The van der Waals surface area contributed by atoms with Gasteiger partial charge < -0.3 is 15.0 Å². The van der Waals surface area contributed by atoms with Gasteiger partial charge in [0.1, 0.15) is 12.4 Å². The SMILES string of the molecule is Cc1nnc(COC2(CN)CCCCC2)n1C. The van der Waals surface area contributed by atoms with Crippen molar-refractivity contribution in [3.63, 3.8) is 0 Å². The normalized spacial score (nSPS) is 19.5. The summed E-state index contributed by atoms with van der Waals surface area (Å²) in [6.45, 7) is 3.05. The lowest BCUT2D eigenvalue weighted by atomic mass is 9.85. The second-order valence-electron chi connectivity index (χ2n) is 4.96. The van der Waals surface area contributed by atoms with Crippen molar-refractivity contribution in [2.24, 2.45) is 12.8 Å². The molecular weight excluding hydrogens is 216 g/mol. The monoisotopic (exact) mass is 238 g/mol. The summed E-state index contributed by atoms with van der Waals surface area (Å²) >= 11 is 0. The van der Waals surface area contributed by atoms with Crippen molar-refractivity contribution >= 4 is 0 Å². The van der Waals surface area contributed by atoms with Crippen molar-refractivity contribution in [1.82, 2.24) is 14.8 Å². The molecule has 0 amide bonds. The summed E-state index contributed by atoms with van der Waals surface area (Å²) in [7, 11) is 1.96. The molecule has 1 aliphatic rings. The largest absolute Gasteiger partial charge is 0.366 e. The van der Waals surface area contributed by atoms with Crippen LogP contribution in [0.15, 0.2) is 0 Å². The van der Waals surface area contributed by atoms with Crippen LogP contribution in [0.1, 0.15) is 43.8 Å². The third-order valence-electron chi connectivity index (χ3n) is 3.83. The van der Waals surface area contributed by atoms with Crippen LogP contribution >= 0.6 is 0 Å². The molecular formula is C12H22N4O. The van der Waals surface area contributed by atoms with Crippen molar-refractivity contribution < 1.29 is 4.74 Å². The van der Waals surface area contributed by atoms with Crippen LogP contribution in [0.5, 0.6) is 0 Å². The molecule has 1 fully saturated rings. The molecule has 0 radical (unpaired) electrons. The molecule has 0 saturated heterocycles. The number of aryl methyl sites for hydroxylation is 1. The van der Waals surface area contributed by atoms with Gasteiger partial charge in [-0.3, -0.25) is 0 Å². The zero-order valence-electron chi connectivity index (χ0n) is 10.8. The summed E-state index contributed by atoms with van der Waals surface area (Å²) in [5.41, 5.74) is 5.75. The minimum absolute atomic E-state index is 0.127. The molecule has 1 aromatic rings. The van der Waals surface area contributed by atoms with E-state index in [0.717, 1.165) is 24.5 Å². The molecule has 17 heavy (non-hydrogen) atoms. The van der Waals surface area contributed by atoms with E-state index < -0.39 is 0 Å². The van der Waals surface area contributed by atoms with Gasteiger partial charge in [-0.15, -0.1) is 10.2 Å². The highest BCUT2D eigenvalue weighted by molar-refractivity contribution is 4.92. The number of hydrogen-bond acceptors (Lipinski definition) is 4. The van der Waals surface area contributed by atoms with E-state index in [1.807, 2.05) is 18.5 Å². The Kier molecular flexibility index (Phi) is 3.79. The van der Waals surface area contributed by atoms with Gasteiger partial charge in [-0.1, -0.05) is 19.3 Å². The lowest BCUT2D eigenvalue weighted by Gasteiger charge is -2.36. The Morgan fingerprint density at radius 3 is 2.53 bits per heavy atom. The lowest BCUT2D eigenvalue weighted by Crippen LogP contribution is -2.42. The highest BCUT2D eigenvalue weighted by Gasteiger charge is 2.31. The van der Waals surface area contributed by atoms with Crippen molar-refractivity contribution in [3.05, 3.63) is 11.6 Å². The molecule has 1 heterocycles. The first-order valence-corrected chi connectivity index (χ1v) is 6.36. The van der Waals surface area contributed by atoms with Crippen LogP contribution in [0.3, 0.4) is 0 Å². The minimum atomic E-state index is -0.127. The van der Waals surface area contributed by atoms with Gasteiger partial charge in [0.15, 0.2) is 5.82 Å². The molecule has 0 spiro atoms. The molecule has 0 atom stereocenters. The first kappa shape index (κ1) is 12.5. The smallest absolute Gasteiger partial charge is 0.158 e. The highest BCUT2D eigenvalue weighted by Crippen LogP contribution is 2.31. The standard InChI is InChI=1S/C12H22N4O/c1-10-14-15-11(16(10)2)8-17-12(9-13)6-4-3-5-7-12/h3-9,13H2,1-2H3. The van der Waals surface area contributed by atoms with Crippen LogP contribution in [0.4, 0.5) is 0 Å². The van der Waals surface area contributed by atoms with Gasteiger partial charge in [0.25, 0.3) is 0 Å². The van der Waals surface area contributed by atoms with Crippen LogP contribution in [0.2, 0.25) is 0 Å². The van der Waals surface area contributed by atoms with Gasteiger partial charge in [0.05, 0.1) is 5.60 Å². The van der Waals surface area contributed by atoms with Crippen molar-refractivity contribution in [1.29, 1.82) is 0 Å². The Morgan fingerprint density at radius 2 is 2.00 bits per heavy atom. The molecule has 1 aromatic heterocycles. The quantitative estimate of drug-likeness (QED) is 0.858. The number of aromatic nitrogens is 3. The first-order chi connectivity index (χ1) is 8.17. The van der Waals surface area contributed by atoms with Crippen LogP contribution < -0.4 is 5.73 Å². The Hall–Kier alpha value is -0.940. The van der Waals surface area contributed by atoms with Crippen LogP contribution in [0.25, 0.3) is 0 Å². The molecule has 5 heteroatoms. The fraction of sp³-hybridized carbons (Fsp3) is 0.833. The number of nitrogens with zero attached hydrogens (tertiary/aromatic N) is 3. The van der Waals surface area contributed by atoms with Crippen molar-refractivity contribution in [3.8, 4) is 0 Å². The second-order valence-corrected chi connectivity index (χ2v) is 4.96.